The van der Waals surface area contributed by atoms with Crippen molar-refractivity contribution in [3.05, 3.63) is 53.7 Å². The first-order valence-electron chi connectivity index (χ1n) is 9.37. The minimum absolute atomic E-state index is 0.0250. The van der Waals surface area contributed by atoms with Gasteiger partial charge in [0.15, 0.2) is 0 Å². The molecular weight excluding hydrogens is 344 g/mol. The van der Waals surface area contributed by atoms with Crippen molar-refractivity contribution in [3.8, 4) is 0 Å². The van der Waals surface area contributed by atoms with Crippen molar-refractivity contribution in [2.45, 2.75) is 32.7 Å². The first-order chi connectivity index (χ1) is 13.1. The molecule has 0 atom stereocenters. The van der Waals surface area contributed by atoms with Gasteiger partial charge >= 0.3 is 6.03 Å². The van der Waals surface area contributed by atoms with E-state index in [1.165, 1.54) is 0 Å². The van der Waals surface area contributed by atoms with Crippen LogP contribution in [0.3, 0.4) is 0 Å². The molecule has 1 aliphatic heterocycles. The Morgan fingerprint density at radius 1 is 1.19 bits per heavy atom. The number of nitrogens with zero attached hydrogens (tertiary/aromatic N) is 2. The minimum Gasteiger partial charge on any atom is -0.467 e. The summed E-state index contributed by atoms with van der Waals surface area (Å²) < 4.78 is 5.22. The zero-order valence-corrected chi connectivity index (χ0v) is 15.6. The summed E-state index contributed by atoms with van der Waals surface area (Å²) in [5, 5.41) is 5.84. The molecule has 3 heterocycles. The molecule has 7 heteroatoms. The zero-order chi connectivity index (χ0) is 19.1. The van der Waals surface area contributed by atoms with E-state index in [4.69, 9.17) is 4.42 Å². The lowest BCUT2D eigenvalue weighted by Crippen LogP contribution is -2.47. The smallest absolute Gasteiger partial charge is 0.317 e. The molecule has 3 amide bonds. The van der Waals surface area contributed by atoms with Crippen molar-refractivity contribution in [1.29, 1.82) is 0 Å². The summed E-state index contributed by atoms with van der Waals surface area (Å²) in [6.45, 7) is 4.09. The summed E-state index contributed by atoms with van der Waals surface area (Å²) in [6.07, 6.45) is 3.65. The number of furan rings is 1. The molecule has 0 saturated carbocycles. The first-order valence-corrected chi connectivity index (χ1v) is 9.37. The summed E-state index contributed by atoms with van der Waals surface area (Å²) in [5.41, 5.74) is 1.95. The number of rotatable bonds is 6. The van der Waals surface area contributed by atoms with Gasteiger partial charge in [0.1, 0.15) is 5.76 Å². The van der Waals surface area contributed by atoms with E-state index in [0.29, 0.717) is 45.4 Å². The Bertz CT molecular complexity index is 752. The van der Waals surface area contributed by atoms with E-state index in [9.17, 15) is 9.59 Å². The number of aryl methyl sites for hydroxylation is 1. The Morgan fingerprint density at radius 2 is 2.00 bits per heavy atom. The number of carbonyl (C=O) groups excluding carboxylic acids is 2. The summed E-state index contributed by atoms with van der Waals surface area (Å²) in [5.74, 6) is 0.709. The lowest BCUT2D eigenvalue weighted by atomic mass is 9.96. The molecule has 0 bridgehead atoms. The van der Waals surface area contributed by atoms with Crippen LogP contribution in [0.2, 0.25) is 0 Å². The van der Waals surface area contributed by atoms with Gasteiger partial charge in [-0.1, -0.05) is 6.07 Å². The zero-order valence-electron chi connectivity index (χ0n) is 15.6. The molecule has 7 nitrogen and oxygen atoms in total. The lowest BCUT2D eigenvalue weighted by Gasteiger charge is -2.31. The predicted octanol–water partition coefficient (Wildman–Crippen LogP) is 2.26. The molecule has 0 radical (unpaired) electrons. The van der Waals surface area contributed by atoms with Crippen LogP contribution in [0.25, 0.3) is 0 Å². The third kappa shape index (κ3) is 5.57. The molecule has 144 valence electrons. The van der Waals surface area contributed by atoms with Crippen LogP contribution in [0.4, 0.5) is 4.79 Å². The van der Waals surface area contributed by atoms with Gasteiger partial charge in [0, 0.05) is 43.4 Å². The number of aromatic nitrogens is 1. The fourth-order valence-electron chi connectivity index (χ4n) is 3.22. The molecule has 1 aliphatic rings. The van der Waals surface area contributed by atoms with Crippen molar-refractivity contribution in [2.24, 2.45) is 5.92 Å². The van der Waals surface area contributed by atoms with E-state index in [0.717, 1.165) is 17.1 Å². The van der Waals surface area contributed by atoms with Crippen molar-refractivity contribution >= 4 is 11.9 Å². The molecule has 0 unspecified atom stereocenters. The molecule has 3 rings (SSSR count). The largest absolute Gasteiger partial charge is 0.467 e. The third-order valence-electron chi connectivity index (χ3n) is 4.77. The topological polar surface area (TPSA) is 87.5 Å². The fourth-order valence-corrected chi connectivity index (χ4v) is 3.22. The number of likely N-dealkylation sites (tertiary alicyclic amines) is 1. The average molecular weight is 370 g/mol. The van der Waals surface area contributed by atoms with Gasteiger partial charge in [0.25, 0.3) is 0 Å². The molecule has 1 fully saturated rings. The van der Waals surface area contributed by atoms with Gasteiger partial charge in [0.2, 0.25) is 5.91 Å². The number of hydrogen-bond donors (Lipinski definition) is 2. The molecule has 1 saturated heterocycles. The summed E-state index contributed by atoms with van der Waals surface area (Å²) >= 11 is 0. The maximum absolute atomic E-state index is 12.3. The van der Waals surface area contributed by atoms with Crippen LogP contribution < -0.4 is 10.6 Å². The monoisotopic (exact) mass is 370 g/mol. The summed E-state index contributed by atoms with van der Waals surface area (Å²) in [6, 6.07) is 9.45. The third-order valence-corrected chi connectivity index (χ3v) is 4.77. The highest BCUT2D eigenvalue weighted by atomic mass is 16.3. The molecule has 0 aliphatic carbocycles. The Balaban J connectivity index is 1.35. The highest BCUT2D eigenvalue weighted by Crippen LogP contribution is 2.17. The van der Waals surface area contributed by atoms with Crippen molar-refractivity contribution < 1.29 is 14.0 Å². The number of hydrogen-bond acceptors (Lipinski definition) is 4. The van der Waals surface area contributed by atoms with E-state index >= 15 is 0 Å². The van der Waals surface area contributed by atoms with E-state index in [-0.39, 0.29) is 17.9 Å². The minimum atomic E-state index is -0.0721. The molecule has 2 N–H and O–H groups in total. The maximum Gasteiger partial charge on any atom is 0.317 e. The van der Waals surface area contributed by atoms with Gasteiger partial charge < -0.3 is 20.0 Å². The van der Waals surface area contributed by atoms with Gasteiger partial charge in [-0.25, -0.2) is 4.79 Å². The molecule has 2 aromatic rings. The van der Waals surface area contributed by atoms with Gasteiger partial charge in [-0.05, 0) is 44.0 Å². The first kappa shape index (κ1) is 18.9. The highest BCUT2D eigenvalue weighted by molar-refractivity contribution is 5.79. The number of urea groups is 1. The number of piperidine rings is 1. The second-order valence-electron chi connectivity index (χ2n) is 6.81. The van der Waals surface area contributed by atoms with Crippen molar-refractivity contribution in [2.75, 3.05) is 19.6 Å². The Kier molecular flexibility index (Phi) is 6.46. The molecule has 2 aromatic heterocycles. The Labute approximate surface area is 159 Å². The van der Waals surface area contributed by atoms with E-state index in [2.05, 4.69) is 15.6 Å². The summed E-state index contributed by atoms with van der Waals surface area (Å²) in [7, 11) is 0. The van der Waals surface area contributed by atoms with E-state index in [1.54, 1.807) is 17.2 Å². The molecule has 0 spiro atoms. The van der Waals surface area contributed by atoms with Gasteiger partial charge in [-0.3, -0.25) is 9.78 Å². The fraction of sp³-hybridized carbons (Fsp3) is 0.450. The highest BCUT2D eigenvalue weighted by Gasteiger charge is 2.27. The Hall–Kier alpha value is -2.83. The van der Waals surface area contributed by atoms with Gasteiger partial charge in [0.05, 0.1) is 12.8 Å². The second kappa shape index (κ2) is 9.21. The maximum atomic E-state index is 12.3. The van der Waals surface area contributed by atoms with Crippen LogP contribution in [0.1, 0.15) is 30.0 Å². The van der Waals surface area contributed by atoms with Crippen LogP contribution in [-0.4, -0.2) is 41.5 Å². The number of nitrogens with one attached hydrogen (secondary N) is 2. The van der Waals surface area contributed by atoms with Crippen LogP contribution in [-0.2, 0) is 17.8 Å². The standard InChI is InChI=1S/C20H26N4O3/c1-15-4-2-5-17(23-15)7-10-21-20(26)24-11-8-16(9-12-24)19(25)22-14-18-6-3-13-27-18/h2-6,13,16H,7-12,14H2,1H3,(H,21,26)(H,22,25). The SMILES string of the molecule is Cc1cccc(CCNC(=O)N2CCC(C(=O)NCc3ccco3)CC2)n1. The van der Waals surface area contributed by atoms with Crippen LogP contribution in [0.15, 0.2) is 41.0 Å². The second-order valence-corrected chi connectivity index (χ2v) is 6.81. The van der Waals surface area contributed by atoms with Crippen LogP contribution >= 0.6 is 0 Å². The van der Waals surface area contributed by atoms with Gasteiger partial charge in [-0.15, -0.1) is 0 Å². The molecular formula is C20H26N4O3. The Morgan fingerprint density at radius 3 is 2.70 bits per heavy atom. The van der Waals surface area contributed by atoms with E-state index < -0.39 is 0 Å². The van der Waals surface area contributed by atoms with Crippen molar-refractivity contribution in [1.82, 2.24) is 20.5 Å². The van der Waals surface area contributed by atoms with Gasteiger partial charge in [-0.2, -0.15) is 0 Å². The van der Waals surface area contributed by atoms with E-state index in [1.807, 2.05) is 31.2 Å². The van der Waals surface area contributed by atoms with Crippen molar-refractivity contribution in [3.63, 3.8) is 0 Å². The molecule has 27 heavy (non-hydrogen) atoms. The molecule has 0 aromatic carbocycles. The quantitative estimate of drug-likeness (QED) is 0.816. The van der Waals surface area contributed by atoms with Crippen LogP contribution in [0, 0.1) is 12.8 Å². The predicted molar refractivity (Wildman–Crippen MR) is 101 cm³/mol. The number of pyridine rings is 1. The van der Waals surface area contributed by atoms with Crippen LogP contribution in [0.5, 0.6) is 0 Å². The average Bonchev–Trinajstić information content (AvgIpc) is 3.20. The normalized spacial score (nSPS) is 14.8. The number of carbonyl (C=O) groups is 2. The number of amides is 3. The summed E-state index contributed by atoms with van der Waals surface area (Å²) in [4.78, 5) is 30.8. The lowest BCUT2D eigenvalue weighted by molar-refractivity contribution is -0.126.